The van der Waals surface area contributed by atoms with Crippen LogP contribution in [0.15, 0.2) is 6.20 Å². The van der Waals surface area contributed by atoms with Crippen LogP contribution in [0.5, 0.6) is 0 Å². The maximum Gasteiger partial charge on any atom is 0.343 e. The Hall–Kier alpha value is -1.83. The standard InChI is InChI=1S/C13H17N3O4S/c1-8(17)21-7-9-4-11(18)16(6-9)12-10(13(19)20-3)5-14-15(12)2/h5,9H,4,6-7H2,1-3H3. The van der Waals surface area contributed by atoms with Gasteiger partial charge >= 0.3 is 5.97 Å². The van der Waals surface area contributed by atoms with E-state index < -0.39 is 5.97 Å². The van der Waals surface area contributed by atoms with Crippen molar-refractivity contribution in [1.82, 2.24) is 9.78 Å². The maximum atomic E-state index is 12.2. The third-order valence-electron chi connectivity index (χ3n) is 3.30. The molecule has 0 N–H and O–H groups in total. The fourth-order valence-electron chi connectivity index (χ4n) is 2.34. The number of carbonyl (C=O) groups excluding carboxylic acids is 3. The van der Waals surface area contributed by atoms with Gasteiger partial charge in [-0.3, -0.25) is 19.2 Å². The average Bonchev–Trinajstić information content (AvgIpc) is 2.98. The van der Waals surface area contributed by atoms with Gasteiger partial charge in [0.25, 0.3) is 0 Å². The molecule has 1 aliphatic heterocycles. The number of rotatable bonds is 4. The average molecular weight is 311 g/mol. The highest BCUT2D eigenvalue weighted by molar-refractivity contribution is 8.13. The molecule has 2 heterocycles. The molecule has 7 nitrogen and oxygen atoms in total. The van der Waals surface area contributed by atoms with Gasteiger partial charge in [0.1, 0.15) is 11.4 Å². The molecular weight excluding hydrogens is 294 g/mol. The van der Waals surface area contributed by atoms with Gasteiger partial charge in [-0.25, -0.2) is 4.79 Å². The first-order valence-electron chi connectivity index (χ1n) is 6.48. The Bertz CT molecular complexity index is 584. The Morgan fingerprint density at radius 1 is 1.52 bits per heavy atom. The second-order valence-electron chi connectivity index (χ2n) is 4.87. The third kappa shape index (κ3) is 3.26. The fraction of sp³-hybridized carbons (Fsp3) is 0.538. The number of aromatic nitrogens is 2. The molecule has 1 aliphatic rings. The summed E-state index contributed by atoms with van der Waals surface area (Å²) in [5.74, 6) is 0.544. The monoisotopic (exact) mass is 311 g/mol. The fourth-order valence-corrected chi connectivity index (χ4v) is 3.03. The normalized spacial score (nSPS) is 18.1. The number of amides is 1. The summed E-state index contributed by atoms with van der Waals surface area (Å²) in [6, 6.07) is 0. The molecule has 0 spiro atoms. The van der Waals surface area contributed by atoms with Gasteiger partial charge in [0.2, 0.25) is 5.91 Å². The molecule has 1 amide bonds. The topological polar surface area (TPSA) is 81.5 Å². The number of aryl methyl sites for hydroxylation is 1. The van der Waals surface area contributed by atoms with Crippen LogP contribution in [0.3, 0.4) is 0 Å². The largest absolute Gasteiger partial charge is 0.465 e. The van der Waals surface area contributed by atoms with Crippen LogP contribution in [0.1, 0.15) is 23.7 Å². The van der Waals surface area contributed by atoms with Gasteiger partial charge in [0.15, 0.2) is 5.12 Å². The van der Waals surface area contributed by atoms with Crippen LogP contribution in [-0.2, 0) is 21.4 Å². The van der Waals surface area contributed by atoms with E-state index in [4.69, 9.17) is 4.74 Å². The van der Waals surface area contributed by atoms with E-state index in [9.17, 15) is 14.4 Å². The molecule has 8 heteroatoms. The highest BCUT2D eigenvalue weighted by Crippen LogP contribution is 2.29. The number of esters is 1. The lowest BCUT2D eigenvalue weighted by molar-refractivity contribution is -0.117. The van der Waals surface area contributed by atoms with Crippen molar-refractivity contribution in [2.45, 2.75) is 13.3 Å². The lowest BCUT2D eigenvalue weighted by Crippen LogP contribution is -2.28. The number of hydrogen-bond donors (Lipinski definition) is 0. The Labute approximate surface area is 126 Å². The number of nitrogens with zero attached hydrogens (tertiary/aromatic N) is 3. The summed E-state index contributed by atoms with van der Waals surface area (Å²) in [4.78, 5) is 36.5. The highest BCUT2D eigenvalue weighted by Gasteiger charge is 2.35. The number of methoxy groups -OCH3 is 1. The van der Waals surface area contributed by atoms with Crippen molar-refractivity contribution in [1.29, 1.82) is 0 Å². The van der Waals surface area contributed by atoms with Crippen LogP contribution >= 0.6 is 11.8 Å². The quantitative estimate of drug-likeness (QED) is 0.766. The van der Waals surface area contributed by atoms with Crippen molar-refractivity contribution in [3.63, 3.8) is 0 Å². The van der Waals surface area contributed by atoms with Gasteiger partial charge in [-0.15, -0.1) is 0 Å². The van der Waals surface area contributed by atoms with E-state index in [1.54, 1.807) is 11.9 Å². The molecule has 2 rings (SSSR count). The summed E-state index contributed by atoms with van der Waals surface area (Å²) in [7, 11) is 2.96. The molecule has 1 aromatic rings. The van der Waals surface area contributed by atoms with E-state index in [0.29, 0.717) is 24.5 Å². The number of anilines is 1. The number of hydrogen-bond acceptors (Lipinski definition) is 6. The molecule has 1 atom stereocenters. The summed E-state index contributed by atoms with van der Waals surface area (Å²) in [6.07, 6.45) is 1.76. The lowest BCUT2D eigenvalue weighted by atomic mass is 10.1. The molecule has 1 aromatic heterocycles. The van der Waals surface area contributed by atoms with Gasteiger partial charge < -0.3 is 4.74 Å². The number of thioether (sulfide) groups is 1. The Balaban J connectivity index is 2.19. The second kappa shape index (κ2) is 6.30. The highest BCUT2D eigenvalue weighted by atomic mass is 32.2. The molecule has 0 aromatic carbocycles. The molecule has 21 heavy (non-hydrogen) atoms. The predicted molar refractivity (Wildman–Crippen MR) is 78.1 cm³/mol. The Morgan fingerprint density at radius 3 is 2.86 bits per heavy atom. The lowest BCUT2D eigenvalue weighted by Gasteiger charge is -2.18. The molecular formula is C13H17N3O4S. The minimum atomic E-state index is -0.521. The van der Waals surface area contributed by atoms with Gasteiger partial charge in [0.05, 0.1) is 13.3 Å². The first kappa shape index (κ1) is 15.6. The summed E-state index contributed by atoms with van der Waals surface area (Å²) in [5, 5.41) is 4.07. The van der Waals surface area contributed by atoms with Crippen LogP contribution in [0.4, 0.5) is 5.82 Å². The van der Waals surface area contributed by atoms with Crippen LogP contribution in [0.2, 0.25) is 0 Å². The van der Waals surface area contributed by atoms with Crippen LogP contribution in [0.25, 0.3) is 0 Å². The van der Waals surface area contributed by atoms with E-state index in [1.807, 2.05) is 0 Å². The molecule has 0 bridgehead atoms. The van der Waals surface area contributed by atoms with Crippen molar-refractivity contribution in [3.05, 3.63) is 11.8 Å². The van der Waals surface area contributed by atoms with Crippen molar-refractivity contribution in [3.8, 4) is 0 Å². The first-order chi connectivity index (χ1) is 9.93. The van der Waals surface area contributed by atoms with Crippen LogP contribution < -0.4 is 4.90 Å². The minimum absolute atomic E-state index is 0.0386. The van der Waals surface area contributed by atoms with Gasteiger partial charge in [-0.1, -0.05) is 11.8 Å². The van der Waals surface area contributed by atoms with Crippen molar-refractivity contribution in [2.75, 3.05) is 24.3 Å². The molecule has 1 fully saturated rings. The Kier molecular flexibility index (Phi) is 4.66. The number of carbonyl (C=O) groups is 3. The van der Waals surface area contributed by atoms with Crippen molar-refractivity contribution >= 4 is 34.6 Å². The maximum absolute atomic E-state index is 12.2. The Morgan fingerprint density at radius 2 is 2.24 bits per heavy atom. The predicted octanol–water partition coefficient (Wildman–Crippen LogP) is 0.839. The van der Waals surface area contributed by atoms with Gasteiger partial charge in [-0.05, 0) is 5.92 Å². The summed E-state index contributed by atoms with van der Waals surface area (Å²) < 4.78 is 6.20. The van der Waals surface area contributed by atoms with Gasteiger partial charge in [-0.2, -0.15) is 5.10 Å². The molecule has 0 radical (unpaired) electrons. The molecule has 0 saturated carbocycles. The molecule has 114 valence electrons. The zero-order chi connectivity index (χ0) is 15.6. The van der Waals surface area contributed by atoms with E-state index in [2.05, 4.69) is 5.10 Å². The first-order valence-corrected chi connectivity index (χ1v) is 7.46. The third-order valence-corrected chi connectivity index (χ3v) is 4.34. The van der Waals surface area contributed by atoms with Crippen molar-refractivity contribution in [2.24, 2.45) is 13.0 Å². The zero-order valence-electron chi connectivity index (χ0n) is 12.2. The minimum Gasteiger partial charge on any atom is -0.465 e. The van der Waals surface area contributed by atoms with E-state index in [0.717, 1.165) is 0 Å². The van der Waals surface area contributed by atoms with Crippen LogP contribution in [-0.4, -0.2) is 46.2 Å². The second-order valence-corrected chi connectivity index (χ2v) is 6.07. The smallest absolute Gasteiger partial charge is 0.343 e. The summed E-state index contributed by atoms with van der Waals surface area (Å²) in [5.41, 5.74) is 0.272. The summed E-state index contributed by atoms with van der Waals surface area (Å²) in [6.45, 7) is 1.98. The van der Waals surface area contributed by atoms with Crippen LogP contribution in [0, 0.1) is 5.92 Å². The molecule has 1 unspecified atom stereocenters. The van der Waals surface area contributed by atoms with Gasteiger partial charge in [0, 0.05) is 32.7 Å². The number of ether oxygens (including phenoxy) is 1. The molecule has 1 saturated heterocycles. The summed E-state index contributed by atoms with van der Waals surface area (Å²) >= 11 is 1.22. The zero-order valence-corrected chi connectivity index (χ0v) is 13.0. The van der Waals surface area contributed by atoms with Crippen molar-refractivity contribution < 1.29 is 19.1 Å². The van der Waals surface area contributed by atoms with E-state index >= 15 is 0 Å². The molecule has 0 aliphatic carbocycles. The van der Waals surface area contributed by atoms with E-state index in [-0.39, 0.29) is 22.5 Å². The SMILES string of the molecule is COC(=O)c1cnn(C)c1N1CC(CSC(C)=O)CC1=O. The van der Waals surface area contributed by atoms with E-state index in [1.165, 1.54) is 36.7 Å².